The summed E-state index contributed by atoms with van der Waals surface area (Å²) in [5.74, 6) is -0.707. The number of nitrogens with zero attached hydrogens (tertiary/aromatic N) is 1. The Morgan fingerprint density at radius 1 is 0.914 bits per heavy atom. The van der Waals surface area contributed by atoms with Gasteiger partial charge in [-0.05, 0) is 67.8 Å². The molecule has 0 aliphatic heterocycles. The molecule has 3 aromatic carbocycles. The molecule has 2 amide bonds. The number of amides is 2. The van der Waals surface area contributed by atoms with E-state index in [4.69, 9.17) is 0 Å². The first kappa shape index (κ1) is 22.6. The Morgan fingerprint density at radius 3 is 2.43 bits per heavy atom. The van der Waals surface area contributed by atoms with Gasteiger partial charge in [0.25, 0.3) is 11.8 Å². The predicted octanol–water partition coefficient (Wildman–Crippen LogP) is 6.59. The normalized spacial score (nSPS) is 11.7. The summed E-state index contributed by atoms with van der Waals surface area (Å²) in [6, 6.07) is 25.3. The number of aryl methyl sites for hydroxylation is 2. The second kappa shape index (κ2) is 9.60. The molecule has 6 heteroatoms. The number of fused-ring (bicyclic) bond motifs is 3. The molecule has 5 nitrogen and oxygen atoms in total. The Labute approximate surface area is 207 Å². The van der Waals surface area contributed by atoms with E-state index in [1.54, 1.807) is 18.2 Å². The van der Waals surface area contributed by atoms with Crippen LogP contribution < -0.4 is 10.6 Å². The van der Waals surface area contributed by atoms with Crippen molar-refractivity contribution in [2.75, 3.05) is 5.32 Å². The van der Waals surface area contributed by atoms with Crippen LogP contribution in [0.4, 0.5) is 5.69 Å². The van der Waals surface area contributed by atoms with Gasteiger partial charge in [-0.1, -0.05) is 42.0 Å². The van der Waals surface area contributed by atoms with Crippen molar-refractivity contribution < 1.29 is 9.59 Å². The third kappa shape index (κ3) is 4.61. The average molecular weight is 480 g/mol. The monoisotopic (exact) mass is 479 g/mol. The van der Waals surface area contributed by atoms with Crippen LogP contribution in [0.25, 0.3) is 27.9 Å². The summed E-state index contributed by atoms with van der Waals surface area (Å²) in [4.78, 5) is 27.1. The smallest absolute Gasteiger partial charge is 0.272 e. The van der Waals surface area contributed by atoms with E-state index in [9.17, 15) is 9.59 Å². The van der Waals surface area contributed by atoms with Gasteiger partial charge in [0, 0.05) is 44.5 Å². The molecule has 0 radical (unpaired) electrons. The Balaban J connectivity index is 1.46. The van der Waals surface area contributed by atoms with Gasteiger partial charge >= 0.3 is 0 Å². The Bertz CT molecular complexity index is 1560. The van der Waals surface area contributed by atoms with E-state index in [2.05, 4.69) is 34.3 Å². The number of nitrogens with one attached hydrogen (secondary N) is 2. The minimum atomic E-state index is -0.377. The van der Waals surface area contributed by atoms with Crippen LogP contribution in [-0.2, 0) is 11.3 Å². The summed E-state index contributed by atoms with van der Waals surface area (Å²) in [6.45, 7) is 4.94. The van der Waals surface area contributed by atoms with Gasteiger partial charge in [-0.25, -0.2) is 0 Å². The molecule has 0 fully saturated rings. The molecule has 174 valence electrons. The van der Waals surface area contributed by atoms with E-state index in [1.807, 2.05) is 66.9 Å². The Hall–Kier alpha value is -4.16. The third-order valence-electron chi connectivity index (χ3n) is 5.98. The van der Waals surface area contributed by atoms with Crippen molar-refractivity contribution in [2.45, 2.75) is 20.4 Å². The number of aromatic nitrogens is 1. The number of carbonyl (C=O) groups excluding carboxylic acids is 2. The van der Waals surface area contributed by atoms with Crippen LogP contribution in [0.3, 0.4) is 0 Å². The topological polar surface area (TPSA) is 63.1 Å². The van der Waals surface area contributed by atoms with Crippen LogP contribution in [-0.4, -0.2) is 16.4 Å². The van der Waals surface area contributed by atoms with E-state index in [1.165, 1.54) is 11.3 Å². The first-order valence-corrected chi connectivity index (χ1v) is 12.4. The SMILES string of the molecule is CCn1c2ccccc2c2cc(NC(=O)/C(=C/c3cccs3)NC(=O)c3ccc(C)cc3)ccc21. The molecular formula is C29H25N3O2S. The molecule has 2 N–H and O–H groups in total. The van der Waals surface area contributed by atoms with Crippen molar-refractivity contribution in [2.24, 2.45) is 0 Å². The lowest BCUT2D eigenvalue weighted by Crippen LogP contribution is -2.30. The average Bonchev–Trinajstić information content (AvgIpc) is 3.49. The quantitative estimate of drug-likeness (QED) is 0.270. The number of rotatable bonds is 6. The van der Waals surface area contributed by atoms with Crippen molar-refractivity contribution in [1.29, 1.82) is 0 Å². The minimum Gasteiger partial charge on any atom is -0.341 e. The van der Waals surface area contributed by atoms with Crippen molar-refractivity contribution in [3.05, 3.63) is 106 Å². The molecule has 0 atom stereocenters. The summed E-state index contributed by atoms with van der Waals surface area (Å²) in [5.41, 5.74) is 4.70. The summed E-state index contributed by atoms with van der Waals surface area (Å²) in [6.07, 6.45) is 1.70. The molecule has 5 aromatic rings. The maximum absolute atomic E-state index is 13.3. The fourth-order valence-electron chi connectivity index (χ4n) is 4.24. The lowest BCUT2D eigenvalue weighted by atomic mass is 10.1. The van der Waals surface area contributed by atoms with Crippen LogP contribution in [0.1, 0.15) is 27.7 Å². The van der Waals surface area contributed by atoms with E-state index in [-0.39, 0.29) is 17.5 Å². The lowest BCUT2D eigenvalue weighted by molar-refractivity contribution is -0.113. The summed E-state index contributed by atoms with van der Waals surface area (Å²) < 4.78 is 2.26. The second-order valence-electron chi connectivity index (χ2n) is 8.34. The fourth-order valence-corrected chi connectivity index (χ4v) is 4.90. The highest BCUT2D eigenvalue weighted by Crippen LogP contribution is 2.31. The third-order valence-corrected chi connectivity index (χ3v) is 6.80. The molecule has 0 saturated heterocycles. The van der Waals surface area contributed by atoms with E-state index < -0.39 is 0 Å². The highest BCUT2D eigenvalue weighted by Gasteiger charge is 2.16. The van der Waals surface area contributed by atoms with Gasteiger partial charge in [-0.3, -0.25) is 9.59 Å². The molecule has 0 bridgehead atoms. The number of hydrogen-bond acceptors (Lipinski definition) is 3. The molecule has 2 heterocycles. The van der Waals surface area contributed by atoms with Gasteiger partial charge in [-0.15, -0.1) is 11.3 Å². The Kier molecular flexibility index (Phi) is 6.21. The maximum Gasteiger partial charge on any atom is 0.272 e. The number of carbonyl (C=O) groups is 2. The van der Waals surface area contributed by atoms with Crippen LogP contribution in [0.15, 0.2) is 89.9 Å². The summed E-state index contributed by atoms with van der Waals surface area (Å²) in [7, 11) is 0. The zero-order valence-corrected chi connectivity index (χ0v) is 20.4. The highest BCUT2D eigenvalue weighted by molar-refractivity contribution is 7.10. The standard InChI is InChI=1S/C29H25N3O2S/c1-3-32-26-9-5-4-8-23(26)24-17-21(14-15-27(24)32)30-29(34)25(18-22-7-6-16-35-22)31-28(33)20-12-10-19(2)11-13-20/h4-18H,3H2,1-2H3,(H,30,34)(H,31,33)/b25-18-. The molecule has 0 aliphatic carbocycles. The molecule has 2 aromatic heterocycles. The van der Waals surface area contributed by atoms with Gasteiger partial charge in [0.05, 0.1) is 0 Å². The first-order chi connectivity index (χ1) is 17.0. The van der Waals surface area contributed by atoms with Gasteiger partial charge in [0.2, 0.25) is 0 Å². The van der Waals surface area contributed by atoms with Crippen LogP contribution in [0, 0.1) is 6.92 Å². The second-order valence-corrected chi connectivity index (χ2v) is 9.32. The zero-order valence-electron chi connectivity index (χ0n) is 19.5. The zero-order chi connectivity index (χ0) is 24.4. The van der Waals surface area contributed by atoms with Gasteiger partial charge in [-0.2, -0.15) is 0 Å². The molecule has 0 aliphatic rings. The number of anilines is 1. The van der Waals surface area contributed by atoms with Gasteiger partial charge < -0.3 is 15.2 Å². The fraction of sp³-hybridized carbons (Fsp3) is 0.103. The molecule has 0 saturated carbocycles. The number of para-hydroxylation sites is 1. The van der Waals surface area contributed by atoms with Crippen molar-refractivity contribution in [3.63, 3.8) is 0 Å². The van der Waals surface area contributed by atoms with Gasteiger partial charge in [0.1, 0.15) is 5.70 Å². The summed E-state index contributed by atoms with van der Waals surface area (Å²) in [5, 5.41) is 9.93. The number of hydrogen-bond donors (Lipinski definition) is 2. The Morgan fingerprint density at radius 2 is 1.69 bits per heavy atom. The van der Waals surface area contributed by atoms with Crippen LogP contribution in [0.5, 0.6) is 0 Å². The number of benzene rings is 3. The first-order valence-electron chi connectivity index (χ1n) is 11.5. The lowest BCUT2D eigenvalue weighted by Gasteiger charge is -2.12. The summed E-state index contributed by atoms with van der Waals surface area (Å²) >= 11 is 1.50. The van der Waals surface area contributed by atoms with E-state index >= 15 is 0 Å². The molecule has 0 spiro atoms. The van der Waals surface area contributed by atoms with Gasteiger partial charge in [0.15, 0.2) is 0 Å². The van der Waals surface area contributed by atoms with E-state index in [0.29, 0.717) is 11.3 Å². The predicted molar refractivity (Wildman–Crippen MR) is 145 cm³/mol. The van der Waals surface area contributed by atoms with Crippen LogP contribution >= 0.6 is 11.3 Å². The highest BCUT2D eigenvalue weighted by atomic mass is 32.1. The maximum atomic E-state index is 13.3. The largest absolute Gasteiger partial charge is 0.341 e. The minimum absolute atomic E-state index is 0.189. The van der Waals surface area contributed by atoms with Crippen molar-refractivity contribution in [3.8, 4) is 0 Å². The van der Waals surface area contributed by atoms with Crippen molar-refractivity contribution >= 4 is 56.7 Å². The van der Waals surface area contributed by atoms with Crippen LogP contribution in [0.2, 0.25) is 0 Å². The molecule has 35 heavy (non-hydrogen) atoms. The molecular weight excluding hydrogens is 454 g/mol. The number of thiophene rings is 1. The van der Waals surface area contributed by atoms with E-state index in [0.717, 1.165) is 38.8 Å². The molecule has 5 rings (SSSR count). The molecule has 0 unspecified atom stereocenters. The van der Waals surface area contributed by atoms with Crippen molar-refractivity contribution in [1.82, 2.24) is 9.88 Å².